The second-order valence-electron chi connectivity index (χ2n) is 8.44. The minimum absolute atomic E-state index is 0. The highest BCUT2D eigenvalue weighted by atomic mass is 35.5. The van der Waals surface area contributed by atoms with E-state index in [1.807, 2.05) is 22.9 Å². The second kappa shape index (κ2) is 10.9. The molecule has 5 aromatic rings. The van der Waals surface area contributed by atoms with Gasteiger partial charge in [-0.3, -0.25) is 4.90 Å². The van der Waals surface area contributed by atoms with E-state index in [2.05, 4.69) is 73.2 Å². The van der Waals surface area contributed by atoms with Crippen LogP contribution in [0.5, 0.6) is 5.75 Å². The number of halogens is 1. The molecule has 36 heavy (non-hydrogen) atoms. The van der Waals surface area contributed by atoms with Gasteiger partial charge in [0, 0.05) is 31.1 Å². The zero-order valence-electron chi connectivity index (χ0n) is 19.7. The number of nitrogens with zero attached hydrogens (tertiary/aromatic N) is 7. The average molecular weight is 540 g/mol. The summed E-state index contributed by atoms with van der Waals surface area (Å²) in [6.07, 6.45) is 0. The van der Waals surface area contributed by atoms with Crippen molar-refractivity contribution >= 4 is 50.4 Å². The van der Waals surface area contributed by atoms with Crippen LogP contribution >= 0.6 is 35.1 Å². The summed E-state index contributed by atoms with van der Waals surface area (Å²) in [5.74, 6) is 1.70. The van der Waals surface area contributed by atoms with E-state index in [-0.39, 0.29) is 18.4 Å². The predicted octanol–water partition coefficient (Wildman–Crippen LogP) is 4.73. The summed E-state index contributed by atoms with van der Waals surface area (Å²) in [6.45, 7) is 4.24. The third-order valence-electron chi connectivity index (χ3n) is 6.35. The maximum absolute atomic E-state index is 5.40. The van der Waals surface area contributed by atoms with Crippen LogP contribution in [-0.4, -0.2) is 63.4 Å². The quantitative estimate of drug-likeness (QED) is 0.296. The molecule has 0 spiro atoms. The zero-order chi connectivity index (χ0) is 23.6. The van der Waals surface area contributed by atoms with Crippen LogP contribution in [0.1, 0.15) is 22.3 Å². The molecular formula is C25H26ClN7OS2. The molecule has 8 nitrogen and oxygen atoms in total. The van der Waals surface area contributed by atoms with Crippen molar-refractivity contribution in [3.63, 3.8) is 0 Å². The first-order valence-electron chi connectivity index (χ1n) is 11.6. The lowest BCUT2D eigenvalue weighted by atomic mass is 10.0. The van der Waals surface area contributed by atoms with Crippen molar-refractivity contribution in [1.29, 1.82) is 0 Å². The first-order chi connectivity index (χ1) is 17.3. The molecule has 186 valence electrons. The fourth-order valence-corrected chi connectivity index (χ4v) is 6.25. The Labute approximate surface area is 223 Å². The van der Waals surface area contributed by atoms with E-state index in [0.29, 0.717) is 6.54 Å². The predicted molar refractivity (Wildman–Crippen MR) is 147 cm³/mol. The van der Waals surface area contributed by atoms with Crippen molar-refractivity contribution in [1.82, 2.24) is 30.1 Å². The van der Waals surface area contributed by atoms with E-state index in [9.17, 15) is 0 Å². The Kier molecular flexibility index (Phi) is 7.47. The Morgan fingerprint density at radius 1 is 0.972 bits per heavy atom. The highest BCUT2D eigenvalue weighted by molar-refractivity contribution is 7.22. The van der Waals surface area contributed by atoms with Crippen molar-refractivity contribution in [2.24, 2.45) is 0 Å². The summed E-state index contributed by atoms with van der Waals surface area (Å²) in [5.41, 5.74) is 2.22. The molecule has 6 rings (SSSR count). The van der Waals surface area contributed by atoms with Gasteiger partial charge in [0.2, 0.25) is 0 Å². The second-order valence-corrected chi connectivity index (χ2v) is 10.5. The molecule has 0 amide bonds. The first-order valence-corrected chi connectivity index (χ1v) is 13.2. The lowest BCUT2D eigenvalue weighted by Crippen LogP contribution is -2.48. The van der Waals surface area contributed by atoms with Crippen LogP contribution < -0.4 is 9.64 Å². The van der Waals surface area contributed by atoms with E-state index < -0.39 is 0 Å². The van der Waals surface area contributed by atoms with Crippen LogP contribution in [0.15, 0.2) is 66.0 Å². The number of ether oxygens (including phenoxy) is 1. The van der Waals surface area contributed by atoms with Gasteiger partial charge in [0.15, 0.2) is 11.0 Å². The molecule has 1 aliphatic heterocycles. The number of benzene rings is 2. The van der Waals surface area contributed by atoms with Crippen LogP contribution in [0.3, 0.4) is 0 Å². The van der Waals surface area contributed by atoms with E-state index in [1.54, 1.807) is 29.8 Å². The van der Waals surface area contributed by atoms with Gasteiger partial charge in [-0.25, -0.2) is 9.67 Å². The minimum Gasteiger partial charge on any atom is -0.497 e. The Morgan fingerprint density at radius 2 is 1.78 bits per heavy atom. The molecule has 2 aromatic carbocycles. The van der Waals surface area contributed by atoms with Crippen LogP contribution in [0.4, 0.5) is 5.13 Å². The topological polar surface area (TPSA) is 72.2 Å². The summed E-state index contributed by atoms with van der Waals surface area (Å²) in [4.78, 5) is 11.0. The molecule has 1 unspecified atom stereocenters. The Morgan fingerprint density at radius 3 is 2.50 bits per heavy atom. The molecule has 0 aliphatic carbocycles. The first kappa shape index (κ1) is 24.6. The molecule has 1 fully saturated rings. The number of aromatic nitrogens is 5. The Balaban J connectivity index is 0.00000267. The molecule has 3 aromatic heterocycles. The summed E-state index contributed by atoms with van der Waals surface area (Å²) >= 11 is 3.48. The van der Waals surface area contributed by atoms with Crippen molar-refractivity contribution in [2.75, 3.05) is 38.2 Å². The molecule has 4 heterocycles. The summed E-state index contributed by atoms with van der Waals surface area (Å²) in [7, 11) is 1.69. The Bertz CT molecular complexity index is 1360. The molecule has 1 saturated heterocycles. The molecule has 0 saturated carbocycles. The maximum atomic E-state index is 5.40. The van der Waals surface area contributed by atoms with Crippen molar-refractivity contribution in [3.8, 4) is 5.75 Å². The maximum Gasteiger partial charge on any atom is 0.186 e. The molecule has 0 radical (unpaired) electrons. The number of anilines is 1. The number of thiazole rings is 1. The van der Waals surface area contributed by atoms with Gasteiger partial charge in [-0.2, -0.15) is 0 Å². The van der Waals surface area contributed by atoms with Crippen LogP contribution in [0.25, 0.3) is 10.2 Å². The standard InChI is InChI=1S/C25H25N7OS2.ClH/c1-33-19-10-8-18(9-11-19)23(24-27-28-29-32(24)17-20-5-4-16-34-20)30-12-14-31(15-13-30)25-26-21-6-2-3-7-22(21)35-25;/h2-11,16,23H,12-15,17H2,1H3;1H. The summed E-state index contributed by atoms with van der Waals surface area (Å²) in [6, 6.07) is 20.7. The molecule has 11 heteroatoms. The van der Waals surface area contributed by atoms with Crippen LogP contribution in [-0.2, 0) is 6.54 Å². The fraction of sp³-hybridized carbons (Fsp3) is 0.280. The van der Waals surface area contributed by atoms with Gasteiger partial charge < -0.3 is 9.64 Å². The van der Waals surface area contributed by atoms with Gasteiger partial charge in [0.25, 0.3) is 0 Å². The summed E-state index contributed by atoms with van der Waals surface area (Å²) in [5, 5.41) is 16.1. The molecule has 0 N–H and O–H groups in total. The summed E-state index contributed by atoms with van der Waals surface area (Å²) < 4.78 is 8.56. The zero-order valence-corrected chi connectivity index (χ0v) is 22.2. The van der Waals surface area contributed by atoms with Crippen molar-refractivity contribution < 1.29 is 4.74 Å². The number of piperazine rings is 1. The number of hydrogen-bond donors (Lipinski definition) is 0. The normalized spacial score (nSPS) is 15.1. The van der Waals surface area contributed by atoms with Gasteiger partial charge >= 0.3 is 0 Å². The average Bonchev–Trinajstić information content (AvgIpc) is 3.67. The molecule has 1 atom stereocenters. The van der Waals surface area contributed by atoms with Crippen molar-refractivity contribution in [3.05, 3.63) is 82.3 Å². The highest BCUT2D eigenvalue weighted by Crippen LogP contribution is 2.33. The van der Waals surface area contributed by atoms with Gasteiger partial charge in [-0.1, -0.05) is 41.7 Å². The van der Waals surface area contributed by atoms with Gasteiger partial charge in [-0.15, -0.1) is 28.8 Å². The number of fused-ring (bicyclic) bond motifs is 1. The fourth-order valence-electron chi connectivity index (χ4n) is 4.55. The van der Waals surface area contributed by atoms with Gasteiger partial charge in [0.05, 0.1) is 29.9 Å². The number of hydrogen-bond acceptors (Lipinski definition) is 9. The molecule has 0 bridgehead atoms. The SMILES string of the molecule is COc1ccc(C(c2nnnn2Cc2cccs2)N2CCN(c3nc4ccccc4s3)CC2)cc1.Cl. The number of thiophene rings is 1. The van der Waals surface area contributed by atoms with E-state index in [0.717, 1.165) is 54.0 Å². The van der Waals surface area contributed by atoms with Crippen molar-refractivity contribution in [2.45, 2.75) is 12.6 Å². The lowest BCUT2D eigenvalue weighted by molar-refractivity contribution is 0.201. The highest BCUT2D eigenvalue weighted by Gasteiger charge is 2.31. The number of tetrazole rings is 1. The monoisotopic (exact) mass is 539 g/mol. The van der Waals surface area contributed by atoms with E-state index in [1.165, 1.54) is 9.58 Å². The van der Waals surface area contributed by atoms with Crippen LogP contribution in [0, 0.1) is 0 Å². The lowest BCUT2D eigenvalue weighted by Gasteiger charge is -2.38. The smallest absolute Gasteiger partial charge is 0.186 e. The van der Waals surface area contributed by atoms with Gasteiger partial charge in [0.1, 0.15) is 5.75 Å². The third-order valence-corrected chi connectivity index (χ3v) is 8.31. The number of para-hydroxylation sites is 1. The van der Waals surface area contributed by atoms with Crippen LogP contribution in [0.2, 0.25) is 0 Å². The Hall–Kier alpha value is -3.05. The van der Waals surface area contributed by atoms with Gasteiger partial charge in [-0.05, 0) is 51.7 Å². The van der Waals surface area contributed by atoms with E-state index >= 15 is 0 Å². The number of rotatable bonds is 7. The van der Waals surface area contributed by atoms with E-state index in [4.69, 9.17) is 9.72 Å². The molecule has 1 aliphatic rings. The number of methoxy groups -OCH3 is 1. The largest absolute Gasteiger partial charge is 0.497 e. The third kappa shape index (κ3) is 4.94. The molecular weight excluding hydrogens is 514 g/mol. The minimum atomic E-state index is -0.0478.